The van der Waals surface area contributed by atoms with Crippen molar-refractivity contribution in [3.05, 3.63) is 95.6 Å². The second-order valence-electron chi connectivity index (χ2n) is 20.7. The fourth-order valence-electron chi connectivity index (χ4n) is 9.98. The largest absolute Gasteiger partial charge is 0.507 e. The topological polar surface area (TPSA) is 220 Å². The monoisotopic (exact) mass is 1010 g/mol. The van der Waals surface area contributed by atoms with Crippen molar-refractivity contribution in [3.8, 4) is 33.2 Å². The molecular formula is C55H70N10O7S. The van der Waals surface area contributed by atoms with Crippen LogP contribution in [0.2, 0.25) is 0 Å². The first-order valence-corrected chi connectivity index (χ1v) is 26.4. The van der Waals surface area contributed by atoms with Crippen molar-refractivity contribution < 1.29 is 34.1 Å². The number of benzene rings is 3. The van der Waals surface area contributed by atoms with Crippen molar-refractivity contribution in [2.24, 2.45) is 5.41 Å². The number of aromatic nitrogens is 3. The quantitative estimate of drug-likeness (QED) is 0.0601. The summed E-state index contributed by atoms with van der Waals surface area (Å²) in [6, 6.07) is 23.1. The number of ether oxygens (including phenoxy) is 1. The number of carbonyl (C=O) groups excluding carboxylic acids is 4. The number of unbranched alkanes of at least 4 members (excludes halogenated alkanes) is 2. The van der Waals surface area contributed by atoms with Crippen LogP contribution in [0.1, 0.15) is 96.4 Å². The Morgan fingerprint density at radius 3 is 2.25 bits per heavy atom. The highest BCUT2D eigenvalue weighted by atomic mass is 32.1. The van der Waals surface area contributed by atoms with Gasteiger partial charge in [0.05, 0.1) is 34.8 Å². The number of likely N-dealkylation sites (tertiary alicyclic amines) is 1. The molecule has 2 aromatic heterocycles. The number of phenols is 1. The van der Waals surface area contributed by atoms with Gasteiger partial charge in [0.2, 0.25) is 23.6 Å². The summed E-state index contributed by atoms with van der Waals surface area (Å²) in [4.78, 5) is 67.9. The van der Waals surface area contributed by atoms with Crippen molar-refractivity contribution in [3.63, 3.8) is 0 Å². The summed E-state index contributed by atoms with van der Waals surface area (Å²) in [7, 11) is 0. The summed E-state index contributed by atoms with van der Waals surface area (Å²) in [5.74, 6) is -0.155. The van der Waals surface area contributed by atoms with E-state index >= 15 is 0 Å². The van der Waals surface area contributed by atoms with Crippen LogP contribution in [0.3, 0.4) is 0 Å². The number of thiazole rings is 1. The van der Waals surface area contributed by atoms with E-state index in [1.807, 2.05) is 75.4 Å². The molecule has 17 nitrogen and oxygen atoms in total. The third-order valence-corrected chi connectivity index (χ3v) is 15.2. The molecule has 8 rings (SSSR count). The Labute approximate surface area is 432 Å². The molecule has 3 aliphatic heterocycles. The number of aliphatic hydroxyl groups is 1. The molecule has 5 aromatic rings. The normalized spacial score (nSPS) is 19.1. The molecule has 6 N–H and O–H groups in total. The maximum absolute atomic E-state index is 14.2. The summed E-state index contributed by atoms with van der Waals surface area (Å²) in [6.07, 6.45) is 3.46. The molecule has 5 atom stereocenters. The van der Waals surface area contributed by atoms with E-state index in [-0.39, 0.29) is 60.8 Å². The van der Waals surface area contributed by atoms with Gasteiger partial charge in [-0.25, -0.2) is 4.98 Å². The highest BCUT2D eigenvalue weighted by Crippen LogP contribution is 2.34. The molecule has 4 amide bonds. The summed E-state index contributed by atoms with van der Waals surface area (Å²) in [6.45, 7) is 13.8. The third kappa shape index (κ3) is 13.1. The van der Waals surface area contributed by atoms with Gasteiger partial charge in [0.15, 0.2) is 11.6 Å². The molecule has 0 radical (unpaired) electrons. The standard InChI is InChI=1S/C55H70N10O7S/c1-35(37-17-19-38(20-18-37)50-36(2)57-34-73-50)58-53(70)45-30-41(66)32-65(45)54(71)51(55(3,4)5)59-48(68)15-7-6-8-16-49(69)63-28-26-62(27-29-63)39-21-23-40(24-22-39)64-25-11-12-42(33-64)72-47-31-44(60-61-52(47)56)43-13-9-10-14-46(43)67/h9-10,13-14,17-24,31,34-35,41-42,45,51,66-67H,6-8,11-12,15-16,25-30,32-33H2,1-5H3,(H2,56,61)(H,58,70)(H,59,68)/t35?,41-,42?,45+,51?/m1/s1. The number of carbonyl (C=O) groups is 4. The van der Waals surface area contributed by atoms with E-state index in [2.05, 4.69) is 59.9 Å². The molecule has 0 spiro atoms. The van der Waals surface area contributed by atoms with Crippen LogP contribution in [-0.2, 0) is 19.2 Å². The average molecular weight is 1020 g/mol. The molecule has 73 heavy (non-hydrogen) atoms. The van der Waals surface area contributed by atoms with Crippen LogP contribution in [0.4, 0.5) is 17.2 Å². The van der Waals surface area contributed by atoms with Gasteiger partial charge in [0.1, 0.15) is 29.6 Å². The number of aromatic hydroxyl groups is 1. The molecule has 0 saturated carbocycles. The Morgan fingerprint density at radius 2 is 1.56 bits per heavy atom. The van der Waals surface area contributed by atoms with Crippen molar-refractivity contribution in [1.29, 1.82) is 0 Å². The molecule has 3 aliphatic rings. The minimum absolute atomic E-state index is 0.000153. The van der Waals surface area contributed by atoms with E-state index in [1.165, 1.54) is 4.90 Å². The minimum atomic E-state index is -0.910. The van der Waals surface area contributed by atoms with E-state index in [1.54, 1.807) is 35.6 Å². The van der Waals surface area contributed by atoms with Gasteiger partial charge >= 0.3 is 0 Å². The summed E-state index contributed by atoms with van der Waals surface area (Å²) in [5.41, 5.74) is 13.5. The molecule has 0 bridgehead atoms. The van der Waals surface area contributed by atoms with E-state index < -0.39 is 29.5 Å². The Balaban J connectivity index is 0.742. The zero-order chi connectivity index (χ0) is 51.8. The highest BCUT2D eigenvalue weighted by Gasteiger charge is 2.44. The van der Waals surface area contributed by atoms with Crippen LogP contribution in [0.5, 0.6) is 11.5 Å². The number of para-hydroxylation sites is 1. The van der Waals surface area contributed by atoms with Gasteiger partial charge < -0.3 is 50.9 Å². The number of phenolic OH excluding ortho intramolecular Hbond substituents is 1. The predicted molar refractivity (Wildman–Crippen MR) is 284 cm³/mol. The van der Waals surface area contributed by atoms with Crippen LogP contribution in [0, 0.1) is 12.3 Å². The van der Waals surface area contributed by atoms with Crippen LogP contribution in [0.25, 0.3) is 21.7 Å². The second-order valence-corrected chi connectivity index (χ2v) is 21.5. The summed E-state index contributed by atoms with van der Waals surface area (Å²) in [5, 5.41) is 35.3. The van der Waals surface area contributed by atoms with Crippen LogP contribution in [0.15, 0.2) is 84.4 Å². The first-order chi connectivity index (χ1) is 35.0. The van der Waals surface area contributed by atoms with Gasteiger partial charge in [-0.3, -0.25) is 19.2 Å². The smallest absolute Gasteiger partial charge is 0.246 e. The number of hydrogen-bond acceptors (Lipinski definition) is 14. The van der Waals surface area contributed by atoms with Gasteiger partial charge in [-0.05, 0) is 92.5 Å². The molecule has 3 fully saturated rings. The fraction of sp³-hybridized carbons (Fsp3) is 0.473. The molecule has 3 saturated heterocycles. The van der Waals surface area contributed by atoms with Gasteiger partial charge in [-0.15, -0.1) is 21.5 Å². The summed E-state index contributed by atoms with van der Waals surface area (Å²) < 4.78 is 6.38. The number of nitrogens with two attached hydrogens (primary N) is 1. The Hall–Kier alpha value is -6.79. The number of nitrogens with zero attached hydrogens (tertiary/aromatic N) is 7. The van der Waals surface area contributed by atoms with Crippen molar-refractivity contribution in [2.45, 2.75) is 116 Å². The van der Waals surface area contributed by atoms with E-state index in [0.717, 1.165) is 65.5 Å². The molecule has 5 heterocycles. The first-order valence-electron chi connectivity index (χ1n) is 25.6. The highest BCUT2D eigenvalue weighted by molar-refractivity contribution is 7.13. The van der Waals surface area contributed by atoms with E-state index in [4.69, 9.17) is 10.5 Å². The number of hydrogen-bond donors (Lipinski definition) is 5. The van der Waals surface area contributed by atoms with Gasteiger partial charge in [-0.2, -0.15) is 0 Å². The number of anilines is 3. The van der Waals surface area contributed by atoms with Crippen LogP contribution >= 0.6 is 11.3 Å². The molecular weight excluding hydrogens is 945 g/mol. The zero-order valence-corrected chi connectivity index (χ0v) is 43.4. The Kier molecular flexibility index (Phi) is 16.8. The minimum Gasteiger partial charge on any atom is -0.507 e. The van der Waals surface area contributed by atoms with Crippen LogP contribution in [-0.4, -0.2) is 129 Å². The van der Waals surface area contributed by atoms with Crippen molar-refractivity contribution in [2.75, 3.05) is 61.3 Å². The fourth-order valence-corrected chi connectivity index (χ4v) is 10.8. The van der Waals surface area contributed by atoms with Gasteiger partial charge in [-0.1, -0.05) is 63.6 Å². The third-order valence-electron chi connectivity index (χ3n) is 14.2. The molecule has 0 aliphatic carbocycles. The van der Waals surface area contributed by atoms with Crippen molar-refractivity contribution >= 4 is 52.2 Å². The van der Waals surface area contributed by atoms with Crippen LogP contribution < -0.4 is 30.9 Å². The number of aliphatic hydroxyl groups excluding tert-OH is 1. The lowest BCUT2D eigenvalue weighted by Crippen LogP contribution is -2.57. The molecule has 18 heteroatoms. The van der Waals surface area contributed by atoms with E-state index in [9.17, 15) is 29.4 Å². The number of amides is 4. The lowest BCUT2D eigenvalue weighted by atomic mass is 9.85. The van der Waals surface area contributed by atoms with E-state index in [0.29, 0.717) is 62.3 Å². The number of nitrogen functional groups attached to an aromatic ring is 1. The molecule has 3 aromatic carbocycles. The number of rotatable bonds is 17. The van der Waals surface area contributed by atoms with Crippen molar-refractivity contribution in [1.82, 2.24) is 35.6 Å². The number of nitrogens with one attached hydrogen (secondary N) is 2. The molecule has 3 unspecified atom stereocenters. The first kappa shape index (κ1) is 52.5. The molecule has 388 valence electrons. The van der Waals surface area contributed by atoms with Gasteiger partial charge in [0.25, 0.3) is 0 Å². The maximum Gasteiger partial charge on any atom is 0.246 e. The van der Waals surface area contributed by atoms with Gasteiger partial charge in [0, 0.05) is 81.5 Å². The number of β-amino-alcohol motifs (C(OH)–C–C–N with tert-alkyl or cyclic N) is 1. The Morgan fingerprint density at radius 1 is 0.863 bits per heavy atom. The Bertz CT molecular complexity index is 2700. The number of piperidine rings is 1. The predicted octanol–water partition coefficient (Wildman–Crippen LogP) is 6.88. The number of piperazine rings is 1. The summed E-state index contributed by atoms with van der Waals surface area (Å²) >= 11 is 1.58. The average Bonchev–Trinajstić information content (AvgIpc) is 4.01. The lowest BCUT2D eigenvalue weighted by molar-refractivity contribution is -0.144. The maximum atomic E-state index is 14.2. The SMILES string of the molecule is Cc1ncsc1-c1ccc(C(C)NC(=O)[C@@H]2C[C@@H](O)CN2C(=O)C(NC(=O)CCCCCC(=O)N2CCN(c3ccc(N4CCCC(Oc5cc(-c6ccccc6O)nnc5N)C4)cc3)CC2)C(C)(C)C)cc1. The lowest BCUT2D eigenvalue weighted by Gasteiger charge is -2.37. The second kappa shape index (κ2) is 23.4. The number of aryl methyl sites for hydroxylation is 1. The zero-order valence-electron chi connectivity index (χ0n) is 42.6.